The highest BCUT2D eigenvalue weighted by Gasteiger charge is 2.22. The lowest BCUT2D eigenvalue weighted by Gasteiger charge is -2.30. The summed E-state index contributed by atoms with van der Waals surface area (Å²) in [6.07, 6.45) is 2.30. The molecular formula is C25H27N5O6S. The maximum atomic E-state index is 13.0. The zero-order valence-corrected chi connectivity index (χ0v) is 21.5. The van der Waals surface area contributed by atoms with Crippen LogP contribution < -0.4 is 14.8 Å². The number of likely N-dealkylation sites (tertiary alicyclic amines) is 1. The van der Waals surface area contributed by atoms with Gasteiger partial charge in [-0.1, -0.05) is 0 Å². The average molecular weight is 526 g/mol. The number of pyridine rings is 2. The van der Waals surface area contributed by atoms with Gasteiger partial charge in [-0.05, 0) is 33.3 Å². The minimum Gasteiger partial charge on any atom is -0.475 e. The number of anilines is 1. The van der Waals surface area contributed by atoms with Crippen LogP contribution in [0, 0.1) is 0 Å². The number of esters is 1. The molecule has 4 heterocycles. The van der Waals surface area contributed by atoms with Crippen LogP contribution in [0.5, 0.6) is 17.6 Å². The first-order valence-corrected chi connectivity index (χ1v) is 12.7. The molecule has 1 aliphatic rings. The highest BCUT2D eigenvalue weighted by atomic mass is 32.1. The number of ether oxygens (including phenoxy) is 3. The summed E-state index contributed by atoms with van der Waals surface area (Å²) in [5.74, 6) is -0.402. The van der Waals surface area contributed by atoms with Gasteiger partial charge in [-0.15, -0.1) is 11.3 Å². The first-order chi connectivity index (χ1) is 17.8. The van der Waals surface area contributed by atoms with Crippen LogP contribution in [0.15, 0.2) is 35.8 Å². The fourth-order valence-electron chi connectivity index (χ4n) is 3.32. The zero-order valence-electron chi connectivity index (χ0n) is 20.7. The molecule has 194 valence electrons. The number of hydrogen-bond donors (Lipinski definition) is 1. The second kappa shape index (κ2) is 11.8. The average Bonchev–Trinajstić information content (AvgIpc) is 3.24. The number of amides is 2. The van der Waals surface area contributed by atoms with E-state index in [9.17, 15) is 14.4 Å². The Morgan fingerprint density at radius 1 is 1.08 bits per heavy atom. The molecule has 1 saturated heterocycles. The van der Waals surface area contributed by atoms with E-state index in [0.29, 0.717) is 16.4 Å². The first kappa shape index (κ1) is 26.0. The normalized spacial score (nSPS) is 12.6. The minimum atomic E-state index is -0.457. The summed E-state index contributed by atoms with van der Waals surface area (Å²) < 4.78 is 16.4. The van der Waals surface area contributed by atoms with E-state index in [-0.39, 0.29) is 54.2 Å². The summed E-state index contributed by atoms with van der Waals surface area (Å²) in [6.45, 7) is 7.20. The van der Waals surface area contributed by atoms with Crippen LogP contribution in [0.3, 0.4) is 0 Å². The van der Waals surface area contributed by atoms with Crippen LogP contribution in [-0.4, -0.2) is 63.4 Å². The maximum Gasteiger partial charge on any atom is 0.311 e. The highest BCUT2D eigenvalue weighted by molar-refractivity contribution is 7.14. The van der Waals surface area contributed by atoms with Crippen molar-refractivity contribution < 1.29 is 28.6 Å². The number of nitrogens with one attached hydrogen (secondary N) is 1. The molecule has 2 amide bonds. The third-order valence-corrected chi connectivity index (χ3v) is 5.94. The SMILES string of the molecule is CCOC(=O)Cc1csc(NC(=O)c2cc(Oc3ccc(C(=O)N4CCC4)cn3)nc(OC(C)C)c2)n1. The molecule has 4 rings (SSSR count). The maximum absolute atomic E-state index is 13.0. The fourth-order valence-corrected chi connectivity index (χ4v) is 4.02. The Morgan fingerprint density at radius 2 is 1.86 bits per heavy atom. The molecular weight excluding hydrogens is 498 g/mol. The summed E-state index contributed by atoms with van der Waals surface area (Å²) in [7, 11) is 0. The third kappa shape index (κ3) is 7.00. The largest absolute Gasteiger partial charge is 0.475 e. The first-order valence-electron chi connectivity index (χ1n) is 11.8. The second-order valence-corrected chi connectivity index (χ2v) is 9.27. The molecule has 0 unspecified atom stereocenters. The molecule has 0 aromatic carbocycles. The van der Waals surface area contributed by atoms with Crippen molar-refractivity contribution in [2.45, 2.75) is 39.7 Å². The van der Waals surface area contributed by atoms with Gasteiger partial charge in [0.2, 0.25) is 17.6 Å². The molecule has 1 fully saturated rings. The van der Waals surface area contributed by atoms with Crippen molar-refractivity contribution in [1.29, 1.82) is 0 Å². The quantitative estimate of drug-likeness (QED) is 0.393. The van der Waals surface area contributed by atoms with Gasteiger partial charge in [-0.2, -0.15) is 4.98 Å². The predicted molar refractivity (Wildman–Crippen MR) is 135 cm³/mol. The number of rotatable bonds is 10. The predicted octanol–water partition coefficient (Wildman–Crippen LogP) is 3.72. The number of nitrogens with zero attached hydrogens (tertiary/aromatic N) is 4. The van der Waals surface area contributed by atoms with Crippen molar-refractivity contribution in [3.8, 4) is 17.6 Å². The molecule has 0 atom stereocenters. The standard InChI is InChI=1S/C25H27N5O6S/c1-4-34-22(31)12-18-14-37-25(27-18)29-23(32)17-10-20(35-15(2)3)28-21(11-17)36-19-7-6-16(13-26-19)24(33)30-8-5-9-30/h6-7,10-11,13-15H,4-5,8-9,12H2,1-3H3,(H,27,29,32). The van der Waals surface area contributed by atoms with E-state index in [2.05, 4.69) is 20.3 Å². The minimum absolute atomic E-state index is 0.0231. The van der Waals surface area contributed by atoms with Gasteiger partial charge >= 0.3 is 5.97 Å². The van der Waals surface area contributed by atoms with Gasteiger partial charge < -0.3 is 19.1 Å². The zero-order chi connectivity index (χ0) is 26.4. The Kier molecular flexibility index (Phi) is 8.29. The molecule has 3 aromatic rings. The van der Waals surface area contributed by atoms with Gasteiger partial charge in [0.1, 0.15) is 0 Å². The van der Waals surface area contributed by atoms with E-state index in [4.69, 9.17) is 14.2 Å². The van der Waals surface area contributed by atoms with Gasteiger partial charge in [0.15, 0.2) is 5.13 Å². The van der Waals surface area contributed by atoms with Gasteiger partial charge in [0.05, 0.1) is 36.0 Å². The van der Waals surface area contributed by atoms with Crippen LogP contribution in [-0.2, 0) is 16.0 Å². The smallest absolute Gasteiger partial charge is 0.311 e. The van der Waals surface area contributed by atoms with Gasteiger partial charge in [-0.25, -0.2) is 9.97 Å². The molecule has 1 aliphatic heterocycles. The van der Waals surface area contributed by atoms with Crippen LogP contribution in [0.4, 0.5) is 5.13 Å². The fraction of sp³-hybridized carbons (Fsp3) is 0.360. The highest BCUT2D eigenvalue weighted by Crippen LogP contribution is 2.25. The molecule has 11 nitrogen and oxygen atoms in total. The third-order valence-electron chi connectivity index (χ3n) is 5.14. The molecule has 0 spiro atoms. The van der Waals surface area contributed by atoms with E-state index >= 15 is 0 Å². The lowest BCUT2D eigenvalue weighted by molar-refractivity contribution is -0.142. The monoisotopic (exact) mass is 525 g/mol. The molecule has 0 radical (unpaired) electrons. The summed E-state index contributed by atoms with van der Waals surface area (Å²) in [4.78, 5) is 51.5. The number of carbonyl (C=O) groups excluding carboxylic acids is 3. The summed E-state index contributed by atoms with van der Waals surface area (Å²) in [5, 5.41) is 4.73. The van der Waals surface area contributed by atoms with E-state index in [0.717, 1.165) is 19.5 Å². The summed E-state index contributed by atoms with van der Waals surface area (Å²) in [5.41, 5.74) is 1.21. The number of hydrogen-bond acceptors (Lipinski definition) is 10. The van der Waals surface area contributed by atoms with E-state index in [1.165, 1.54) is 29.7 Å². The molecule has 0 aliphatic carbocycles. The van der Waals surface area contributed by atoms with Crippen molar-refractivity contribution in [3.63, 3.8) is 0 Å². The second-order valence-electron chi connectivity index (χ2n) is 8.41. The van der Waals surface area contributed by atoms with Crippen molar-refractivity contribution in [1.82, 2.24) is 19.9 Å². The van der Waals surface area contributed by atoms with Crippen LogP contribution in [0.2, 0.25) is 0 Å². The number of carbonyl (C=O) groups is 3. The van der Waals surface area contributed by atoms with Gasteiger partial charge in [0, 0.05) is 42.9 Å². The van der Waals surface area contributed by atoms with Crippen LogP contribution in [0.25, 0.3) is 0 Å². The van der Waals surface area contributed by atoms with E-state index in [1.54, 1.807) is 29.3 Å². The van der Waals surface area contributed by atoms with Crippen molar-refractivity contribution in [3.05, 3.63) is 52.7 Å². The molecule has 12 heteroatoms. The molecule has 37 heavy (non-hydrogen) atoms. The van der Waals surface area contributed by atoms with E-state index in [1.807, 2.05) is 13.8 Å². The van der Waals surface area contributed by atoms with Crippen LogP contribution >= 0.6 is 11.3 Å². The van der Waals surface area contributed by atoms with Crippen molar-refractivity contribution >= 4 is 34.3 Å². The molecule has 0 saturated carbocycles. The Balaban J connectivity index is 1.48. The van der Waals surface area contributed by atoms with Gasteiger partial charge in [0.25, 0.3) is 11.8 Å². The Morgan fingerprint density at radius 3 is 2.51 bits per heavy atom. The van der Waals surface area contributed by atoms with Gasteiger partial charge in [-0.3, -0.25) is 19.7 Å². The Labute approximate surface area is 217 Å². The van der Waals surface area contributed by atoms with Crippen molar-refractivity contribution in [2.24, 2.45) is 0 Å². The molecule has 0 bridgehead atoms. The number of thiazole rings is 1. The topological polar surface area (TPSA) is 133 Å². The lowest BCUT2D eigenvalue weighted by atomic mass is 10.1. The summed E-state index contributed by atoms with van der Waals surface area (Å²) in [6, 6.07) is 6.17. The Hall–Kier alpha value is -4.06. The van der Waals surface area contributed by atoms with Crippen LogP contribution in [0.1, 0.15) is 53.6 Å². The lowest BCUT2D eigenvalue weighted by Crippen LogP contribution is -2.42. The number of aromatic nitrogens is 3. The Bertz CT molecular complexity index is 1270. The van der Waals surface area contributed by atoms with E-state index < -0.39 is 5.91 Å². The molecule has 3 aromatic heterocycles. The summed E-state index contributed by atoms with van der Waals surface area (Å²) >= 11 is 1.20. The van der Waals surface area contributed by atoms with Crippen molar-refractivity contribution in [2.75, 3.05) is 25.0 Å². The molecule has 1 N–H and O–H groups in total.